The molecule has 0 radical (unpaired) electrons. The summed E-state index contributed by atoms with van der Waals surface area (Å²) in [7, 11) is 0. The molecular weight excluding hydrogens is 264 g/mol. The van der Waals surface area contributed by atoms with Crippen molar-refractivity contribution in [1.82, 2.24) is 4.98 Å². The minimum atomic E-state index is 0.811. The molecule has 0 saturated heterocycles. The highest BCUT2D eigenvalue weighted by atomic mass is 79.9. The molecule has 0 aliphatic heterocycles. The summed E-state index contributed by atoms with van der Waals surface area (Å²) in [4.78, 5) is 4.16. The molecule has 1 heterocycles. The molecule has 0 bridgehead atoms. The van der Waals surface area contributed by atoms with E-state index in [0.29, 0.717) is 0 Å². The molecule has 2 aromatic rings. The van der Waals surface area contributed by atoms with Crippen LogP contribution in [-0.4, -0.2) is 4.98 Å². The van der Waals surface area contributed by atoms with Gasteiger partial charge < -0.3 is 5.32 Å². The lowest BCUT2D eigenvalue weighted by molar-refractivity contribution is 1.12. The molecule has 1 aromatic heterocycles. The van der Waals surface area contributed by atoms with Crippen LogP contribution in [0.1, 0.15) is 11.1 Å². The van der Waals surface area contributed by atoms with Crippen LogP contribution >= 0.6 is 15.9 Å². The van der Waals surface area contributed by atoms with E-state index in [2.05, 4.69) is 57.4 Å². The van der Waals surface area contributed by atoms with Gasteiger partial charge >= 0.3 is 0 Å². The monoisotopic (exact) mass is 276 g/mol. The van der Waals surface area contributed by atoms with Crippen LogP contribution in [0, 0.1) is 6.92 Å². The van der Waals surface area contributed by atoms with Crippen molar-refractivity contribution in [2.75, 3.05) is 5.32 Å². The number of pyridine rings is 1. The topological polar surface area (TPSA) is 24.9 Å². The molecule has 0 fully saturated rings. The number of aryl methyl sites for hydroxylation is 1. The first kappa shape index (κ1) is 11.1. The fourth-order valence-electron chi connectivity index (χ4n) is 1.54. The van der Waals surface area contributed by atoms with E-state index in [1.165, 1.54) is 11.1 Å². The second-order valence-corrected chi connectivity index (χ2v) is 4.44. The SMILES string of the molecule is Cc1cccc(CNc2cccnc2Br)c1. The van der Waals surface area contributed by atoms with Crippen molar-refractivity contribution in [3.8, 4) is 0 Å². The number of benzene rings is 1. The molecule has 0 spiro atoms. The van der Waals surface area contributed by atoms with Gasteiger partial charge in [0, 0.05) is 12.7 Å². The average Bonchev–Trinajstić information content (AvgIpc) is 2.28. The summed E-state index contributed by atoms with van der Waals surface area (Å²) in [6.07, 6.45) is 1.77. The zero-order valence-corrected chi connectivity index (χ0v) is 10.7. The maximum absolute atomic E-state index is 4.16. The van der Waals surface area contributed by atoms with Gasteiger partial charge in [-0.2, -0.15) is 0 Å². The predicted molar refractivity (Wildman–Crippen MR) is 70.4 cm³/mol. The highest BCUT2D eigenvalue weighted by Crippen LogP contribution is 2.19. The van der Waals surface area contributed by atoms with Crippen LogP contribution in [0.4, 0.5) is 5.69 Å². The number of hydrogen-bond acceptors (Lipinski definition) is 2. The van der Waals surface area contributed by atoms with E-state index in [1.54, 1.807) is 6.20 Å². The molecule has 1 N–H and O–H groups in total. The van der Waals surface area contributed by atoms with Gasteiger partial charge in [0.1, 0.15) is 4.60 Å². The molecular formula is C13H13BrN2. The minimum absolute atomic E-state index is 0.811. The lowest BCUT2D eigenvalue weighted by atomic mass is 10.1. The summed E-state index contributed by atoms with van der Waals surface area (Å²) in [5.41, 5.74) is 3.57. The third-order valence-corrected chi connectivity index (χ3v) is 2.96. The average molecular weight is 277 g/mol. The van der Waals surface area contributed by atoms with Crippen molar-refractivity contribution in [2.24, 2.45) is 0 Å². The van der Waals surface area contributed by atoms with Gasteiger partial charge in [-0.15, -0.1) is 0 Å². The molecule has 82 valence electrons. The standard InChI is InChI=1S/C13H13BrN2/c1-10-4-2-5-11(8-10)9-16-12-6-3-7-15-13(12)14/h2-8,16H,9H2,1H3. The number of halogens is 1. The third kappa shape index (κ3) is 2.83. The van der Waals surface area contributed by atoms with Gasteiger partial charge in [0.25, 0.3) is 0 Å². The van der Waals surface area contributed by atoms with Crippen LogP contribution in [0.3, 0.4) is 0 Å². The molecule has 0 unspecified atom stereocenters. The van der Waals surface area contributed by atoms with E-state index >= 15 is 0 Å². The molecule has 3 heteroatoms. The Morgan fingerprint density at radius 1 is 1.25 bits per heavy atom. The fraction of sp³-hybridized carbons (Fsp3) is 0.154. The molecule has 0 amide bonds. The Bertz CT molecular complexity index is 483. The number of anilines is 1. The molecule has 16 heavy (non-hydrogen) atoms. The van der Waals surface area contributed by atoms with Crippen molar-refractivity contribution < 1.29 is 0 Å². The second-order valence-electron chi connectivity index (χ2n) is 3.68. The van der Waals surface area contributed by atoms with E-state index in [1.807, 2.05) is 12.1 Å². The van der Waals surface area contributed by atoms with Gasteiger partial charge in [0.15, 0.2) is 0 Å². The molecule has 0 saturated carbocycles. The van der Waals surface area contributed by atoms with Crippen LogP contribution in [-0.2, 0) is 6.54 Å². The first-order valence-electron chi connectivity index (χ1n) is 5.15. The normalized spacial score (nSPS) is 10.1. The summed E-state index contributed by atoms with van der Waals surface area (Å²) < 4.78 is 0.850. The lowest BCUT2D eigenvalue weighted by Gasteiger charge is -2.08. The molecule has 1 aromatic carbocycles. The zero-order valence-electron chi connectivity index (χ0n) is 9.07. The lowest BCUT2D eigenvalue weighted by Crippen LogP contribution is -2.00. The van der Waals surface area contributed by atoms with Crippen LogP contribution in [0.15, 0.2) is 47.2 Å². The zero-order chi connectivity index (χ0) is 11.4. The van der Waals surface area contributed by atoms with Crippen LogP contribution < -0.4 is 5.32 Å². The summed E-state index contributed by atoms with van der Waals surface area (Å²) in [5, 5.41) is 3.35. The molecule has 2 nitrogen and oxygen atoms in total. The largest absolute Gasteiger partial charge is 0.379 e. The first-order valence-corrected chi connectivity index (χ1v) is 5.95. The molecule has 0 aliphatic carbocycles. The van der Waals surface area contributed by atoms with E-state index in [9.17, 15) is 0 Å². The first-order chi connectivity index (χ1) is 7.75. The highest BCUT2D eigenvalue weighted by Gasteiger charge is 1.99. The minimum Gasteiger partial charge on any atom is -0.379 e. The Kier molecular flexibility index (Phi) is 3.57. The Hall–Kier alpha value is -1.35. The summed E-state index contributed by atoms with van der Waals surface area (Å²) in [5.74, 6) is 0. The van der Waals surface area contributed by atoms with Gasteiger partial charge in [-0.25, -0.2) is 4.98 Å². The van der Waals surface area contributed by atoms with E-state index in [4.69, 9.17) is 0 Å². The van der Waals surface area contributed by atoms with Crippen molar-refractivity contribution in [2.45, 2.75) is 13.5 Å². The van der Waals surface area contributed by atoms with Crippen LogP contribution in [0.25, 0.3) is 0 Å². The Labute approximate surface area is 104 Å². The number of nitrogens with one attached hydrogen (secondary N) is 1. The quantitative estimate of drug-likeness (QED) is 0.864. The Morgan fingerprint density at radius 2 is 2.12 bits per heavy atom. The number of aromatic nitrogens is 1. The van der Waals surface area contributed by atoms with Gasteiger partial charge in [-0.3, -0.25) is 0 Å². The molecule has 2 rings (SSSR count). The van der Waals surface area contributed by atoms with Crippen molar-refractivity contribution in [1.29, 1.82) is 0 Å². The summed E-state index contributed by atoms with van der Waals surface area (Å²) in [6.45, 7) is 2.91. The van der Waals surface area contributed by atoms with Crippen molar-refractivity contribution in [3.05, 3.63) is 58.3 Å². The van der Waals surface area contributed by atoms with Crippen LogP contribution in [0.5, 0.6) is 0 Å². The van der Waals surface area contributed by atoms with Gasteiger partial charge in [-0.1, -0.05) is 29.8 Å². The predicted octanol–water partition coefficient (Wildman–Crippen LogP) is 3.76. The van der Waals surface area contributed by atoms with Crippen molar-refractivity contribution >= 4 is 21.6 Å². The fourth-order valence-corrected chi connectivity index (χ4v) is 1.93. The van der Waals surface area contributed by atoms with Crippen LogP contribution in [0.2, 0.25) is 0 Å². The van der Waals surface area contributed by atoms with Gasteiger partial charge in [0.2, 0.25) is 0 Å². The maximum Gasteiger partial charge on any atom is 0.129 e. The van der Waals surface area contributed by atoms with E-state index < -0.39 is 0 Å². The Balaban J connectivity index is 2.05. The smallest absolute Gasteiger partial charge is 0.129 e. The highest BCUT2D eigenvalue weighted by molar-refractivity contribution is 9.10. The summed E-state index contributed by atoms with van der Waals surface area (Å²) in [6, 6.07) is 12.4. The molecule has 0 aliphatic rings. The summed E-state index contributed by atoms with van der Waals surface area (Å²) >= 11 is 3.41. The number of nitrogens with zero attached hydrogens (tertiary/aromatic N) is 1. The van der Waals surface area contributed by atoms with Crippen molar-refractivity contribution in [3.63, 3.8) is 0 Å². The van der Waals surface area contributed by atoms with E-state index in [0.717, 1.165) is 16.8 Å². The second kappa shape index (κ2) is 5.12. The van der Waals surface area contributed by atoms with Gasteiger partial charge in [0.05, 0.1) is 5.69 Å². The third-order valence-electron chi connectivity index (χ3n) is 2.32. The molecule has 0 atom stereocenters. The number of hydrogen-bond donors (Lipinski definition) is 1. The van der Waals surface area contributed by atoms with Gasteiger partial charge in [-0.05, 0) is 40.5 Å². The Morgan fingerprint density at radius 3 is 2.88 bits per heavy atom. The van der Waals surface area contributed by atoms with E-state index in [-0.39, 0.29) is 0 Å². The number of rotatable bonds is 3. The maximum atomic E-state index is 4.16.